The number of thioether (sulfide) groups is 1. The van der Waals surface area contributed by atoms with Crippen molar-refractivity contribution in [2.75, 3.05) is 7.11 Å². The predicted molar refractivity (Wildman–Crippen MR) is 115 cm³/mol. The molecule has 1 aromatic heterocycles. The van der Waals surface area contributed by atoms with Gasteiger partial charge >= 0.3 is 0 Å². The fourth-order valence-electron chi connectivity index (χ4n) is 2.73. The van der Waals surface area contributed by atoms with E-state index in [1.165, 1.54) is 5.56 Å². The SMILES string of the molecule is CC[C@H](C)Sc1nnc(CNC(=O)c2ccc(OC)cc2)n1Cc1ccccc1. The molecule has 3 rings (SSSR count). The van der Waals surface area contributed by atoms with Gasteiger partial charge in [0.25, 0.3) is 5.91 Å². The molecule has 1 atom stereocenters. The zero-order valence-corrected chi connectivity index (χ0v) is 17.8. The van der Waals surface area contributed by atoms with Crippen molar-refractivity contribution in [2.45, 2.75) is 43.8 Å². The summed E-state index contributed by atoms with van der Waals surface area (Å²) in [5.74, 6) is 1.30. The summed E-state index contributed by atoms with van der Waals surface area (Å²) < 4.78 is 7.22. The number of aromatic nitrogens is 3. The van der Waals surface area contributed by atoms with Crippen LogP contribution in [0, 0.1) is 0 Å². The van der Waals surface area contributed by atoms with Crippen molar-refractivity contribution in [3.8, 4) is 5.75 Å². The standard InChI is InChI=1S/C22H26N4O2S/c1-4-16(2)29-22-25-24-20(26(22)15-17-8-6-5-7-9-17)14-23-21(27)18-10-12-19(28-3)13-11-18/h5-13,16H,4,14-15H2,1-3H3,(H,23,27)/t16-/m0/s1. The number of methoxy groups -OCH3 is 1. The minimum absolute atomic E-state index is 0.155. The number of nitrogens with zero attached hydrogens (tertiary/aromatic N) is 3. The van der Waals surface area contributed by atoms with E-state index < -0.39 is 0 Å². The summed E-state index contributed by atoms with van der Waals surface area (Å²) in [5.41, 5.74) is 1.75. The van der Waals surface area contributed by atoms with Crippen LogP contribution in [0.2, 0.25) is 0 Å². The van der Waals surface area contributed by atoms with Gasteiger partial charge in [-0.1, -0.05) is 55.9 Å². The molecule has 7 heteroatoms. The van der Waals surface area contributed by atoms with Crippen molar-refractivity contribution in [1.82, 2.24) is 20.1 Å². The summed E-state index contributed by atoms with van der Waals surface area (Å²) >= 11 is 1.71. The van der Waals surface area contributed by atoms with Gasteiger partial charge in [0.2, 0.25) is 0 Å². The number of carbonyl (C=O) groups is 1. The second-order valence-corrected chi connectivity index (χ2v) is 8.12. The lowest BCUT2D eigenvalue weighted by Gasteiger charge is -2.13. The highest BCUT2D eigenvalue weighted by Gasteiger charge is 2.16. The lowest BCUT2D eigenvalue weighted by atomic mass is 10.2. The maximum Gasteiger partial charge on any atom is 0.251 e. The maximum atomic E-state index is 12.5. The number of rotatable bonds is 9. The molecule has 0 aliphatic rings. The highest BCUT2D eigenvalue weighted by atomic mass is 32.2. The topological polar surface area (TPSA) is 69.0 Å². The van der Waals surface area contributed by atoms with Crippen LogP contribution >= 0.6 is 11.8 Å². The minimum Gasteiger partial charge on any atom is -0.497 e. The Morgan fingerprint density at radius 2 is 1.86 bits per heavy atom. The van der Waals surface area contributed by atoms with Crippen LogP contribution in [0.15, 0.2) is 59.8 Å². The molecule has 0 unspecified atom stereocenters. The third kappa shape index (κ3) is 5.60. The third-order valence-electron chi connectivity index (χ3n) is 4.62. The molecule has 1 heterocycles. The fourth-order valence-corrected chi connectivity index (χ4v) is 3.64. The van der Waals surface area contributed by atoms with E-state index in [9.17, 15) is 4.79 Å². The molecule has 0 bridgehead atoms. The smallest absolute Gasteiger partial charge is 0.251 e. The van der Waals surface area contributed by atoms with E-state index >= 15 is 0 Å². The fraction of sp³-hybridized carbons (Fsp3) is 0.318. The van der Waals surface area contributed by atoms with E-state index in [4.69, 9.17) is 4.74 Å². The normalized spacial score (nSPS) is 11.8. The Morgan fingerprint density at radius 1 is 1.14 bits per heavy atom. The van der Waals surface area contributed by atoms with Gasteiger partial charge in [0, 0.05) is 10.8 Å². The van der Waals surface area contributed by atoms with Gasteiger partial charge < -0.3 is 14.6 Å². The van der Waals surface area contributed by atoms with Crippen LogP contribution in [0.1, 0.15) is 42.0 Å². The Morgan fingerprint density at radius 3 is 2.52 bits per heavy atom. The first-order chi connectivity index (χ1) is 14.1. The lowest BCUT2D eigenvalue weighted by Crippen LogP contribution is -2.25. The number of ether oxygens (including phenoxy) is 1. The number of carbonyl (C=O) groups excluding carboxylic acids is 1. The Hall–Kier alpha value is -2.80. The second-order valence-electron chi connectivity index (χ2n) is 6.72. The summed E-state index contributed by atoms with van der Waals surface area (Å²) in [6, 6.07) is 17.2. The number of hydrogen-bond acceptors (Lipinski definition) is 5. The van der Waals surface area contributed by atoms with Gasteiger partial charge in [-0.3, -0.25) is 4.79 Å². The molecule has 6 nitrogen and oxygen atoms in total. The van der Waals surface area contributed by atoms with E-state index in [0.29, 0.717) is 23.9 Å². The molecule has 29 heavy (non-hydrogen) atoms. The third-order valence-corrected chi connectivity index (χ3v) is 5.87. The number of benzene rings is 2. The van der Waals surface area contributed by atoms with Crippen molar-refractivity contribution in [3.63, 3.8) is 0 Å². The van der Waals surface area contributed by atoms with Gasteiger partial charge in [0.05, 0.1) is 20.2 Å². The largest absolute Gasteiger partial charge is 0.497 e. The Labute approximate surface area is 175 Å². The predicted octanol–water partition coefficient (Wildman–Crippen LogP) is 4.16. The molecule has 0 fully saturated rings. The van der Waals surface area contributed by atoms with Crippen LogP contribution in [0.25, 0.3) is 0 Å². The molecular formula is C22H26N4O2S. The zero-order valence-electron chi connectivity index (χ0n) is 17.0. The number of hydrogen-bond donors (Lipinski definition) is 1. The molecule has 0 aliphatic heterocycles. The molecular weight excluding hydrogens is 384 g/mol. The maximum absolute atomic E-state index is 12.5. The summed E-state index contributed by atoms with van der Waals surface area (Å²) in [6.45, 7) is 5.31. The van der Waals surface area contributed by atoms with E-state index in [2.05, 4.69) is 46.1 Å². The van der Waals surface area contributed by atoms with Gasteiger partial charge in [-0.25, -0.2) is 0 Å². The van der Waals surface area contributed by atoms with Crippen LogP contribution in [-0.2, 0) is 13.1 Å². The van der Waals surface area contributed by atoms with Crippen molar-refractivity contribution >= 4 is 17.7 Å². The summed E-state index contributed by atoms with van der Waals surface area (Å²) in [7, 11) is 1.60. The monoisotopic (exact) mass is 410 g/mol. The molecule has 1 amide bonds. The summed E-state index contributed by atoms with van der Waals surface area (Å²) in [4.78, 5) is 12.5. The first kappa shape index (κ1) is 20.9. The molecule has 0 aliphatic carbocycles. The molecule has 2 aromatic carbocycles. The second kappa shape index (κ2) is 10.1. The lowest BCUT2D eigenvalue weighted by molar-refractivity contribution is 0.0949. The molecule has 0 saturated carbocycles. The van der Waals surface area contributed by atoms with Crippen LogP contribution in [0.4, 0.5) is 0 Å². The van der Waals surface area contributed by atoms with Crippen molar-refractivity contribution in [1.29, 1.82) is 0 Å². The zero-order chi connectivity index (χ0) is 20.6. The highest BCUT2D eigenvalue weighted by molar-refractivity contribution is 7.99. The van der Waals surface area contributed by atoms with Crippen LogP contribution in [-0.4, -0.2) is 33.0 Å². The van der Waals surface area contributed by atoms with Gasteiger partial charge in [0.15, 0.2) is 11.0 Å². The van der Waals surface area contributed by atoms with Crippen LogP contribution in [0.5, 0.6) is 5.75 Å². The van der Waals surface area contributed by atoms with Crippen molar-refractivity contribution in [3.05, 3.63) is 71.5 Å². The quantitative estimate of drug-likeness (QED) is 0.537. The molecule has 1 N–H and O–H groups in total. The first-order valence-electron chi connectivity index (χ1n) is 9.65. The molecule has 0 saturated heterocycles. The van der Waals surface area contributed by atoms with Gasteiger partial charge in [-0.05, 0) is 36.2 Å². The van der Waals surface area contributed by atoms with Crippen LogP contribution in [0.3, 0.4) is 0 Å². The van der Waals surface area contributed by atoms with Crippen molar-refractivity contribution in [2.24, 2.45) is 0 Å². The Kier molecular flexibility index (Phi) is 7.30. The molecule has 152 valence electrons. The minimum atomic E-state index is -0.155. The van der Waals surface area contributed by atoms with Gasteiger partial charge in [-0.15, -0.1) is 10.2 Å². The van der Waals surface area contributed by atoms with Gasteiger partial charge in [0.1, 0.15) is 5.75 Å². The van der Waals surface area contributed by atoms with E-state index in [1.807, 2.05) is 18.2 Å². The van der Waals surface area contributed by atoms with Crippen LogP contribution < -0.4 is 10.1 Å². The number of nitrogens with one attached hydrogen (secondary N) is 1. The first-order valence-corrected chi connectivity index (χ1v) is 10.5. The average molecular weight is 411 g/mol. The van der Waals surface area contributed by atoms with E-state index in [-0.39, 0.29) is 5.91 Å². The van der Waals surface area contributed by atoms with E-state index in [1.54, 1.807) is 43.1 Å². The number of amides is 1. The molecule has 3 aromatic rings. The Balaban J connectivity index is 1.75. The molecule has 0 spiro atoms. The Bertz CT molecular complexity index is 926. The van der Waals surface area contributed by atoms with E-state index in [0.717, 1.165) is 23.2 Å². The summed E-state index contributed by atoms with van der Waals surface area (Å²) in [6.07, 6.45) is 1.05. The summed E-state index contributed by atoms with van der Waals surface area (Å²) in [5, 5.41) is 13.0. The van der Waals surface area contributed by atoms with Crippen molar-refractivity contribution < 1.29 is 9.53 Å². The van der Waals surface area contributed by atoms with Gasteiger partial charge in [-0.2, -0.15) is 0 Å². The average Bonchev–Trinajstić information content (AvgIpc) is 3.13. The highest BCUT2D eigenvalue weighted by Crippen LogP contribution is 2.25. The molecule has 0 radical (unpaired) electrons.